The first-order chi connectivity index (χ1) is 7.84. The number of aromatic nitrogens is 1. The minimum atomic E-state index is -0.241. The molecule has 0 aliphatic rings. The molecule has 4 nitrogen and oxygen atoms in total. The second-order valence-corrected chi connectivity index (χ2v) is 5.00. The molecule has 94 valence electrons. The fraction of sp³-hybridized carbons (Fsp3) is 0.500. The first kappa shape index (κ1) is 13.9. The Morgan fingerprint density at radius 1 is 1.53 bits per heavy atom. The number of ether oxygens (including phenoxy) is 1. The van der Waals surface area contributed by atoms with Crippen LogP contribution >= 0.6 is 12.2 Å². The Labute approximate surface area is 108 Å². The van der Waals surface area contributed by atoms with Gasteiger partial charge in [0.15, 0.2) is 0 Å². The van der Waals surface area contributed by atoms with Crippen LogP contribution in [0.15, 0.2) is 12.1 Å². The molecule has 0 aliphatic heterocycles. The fourth-order valence-electron chi connectivity index (χ4n) is 1.28. The quantitative estimate of drug-likeness (QED) is 0.784. The molecule has 3 N–H and O–H groups in total. The van der Waals surface area contributed by atoms with E-state index in [4.69, 9.17) is 22.7 Å². The summed E-state index contributed by atoms with van der Waals surface area (Å²) in [7, 11) is 1.69. The molecule has 0 atom stereocenters. The maximum atomic E-state index is 5.61. The van der Waals surface area contributed by atoms with Gasteiger partial charge in [0, 0.05) is 24.9 Å². The van der Waals surface area contributed by atoms with Crippen molar-refractivity contribution < 1.29 is 4.74 Å². The number of anilines is 1. The lowest BCUT2D eigenvalue weighted by Crippen LogP contribution is -2.32. The molecule has 0 aromatic carbocycles. The van der Waals surface area contributed by atoms with Crippen LogP contribution in [0.25, 0.3) is 0 Å². The van der Waals surface area contributed by atoms with Crippen LogP contribution in [0.5, 0.6) is 0 Å². The van der Waals surface area contributed by atoms with Crippen LogP contribution in [0.2, 0.25) is 0 Å². The summed E-state index contributed by atoms with van der Waals surface area (Å²) < 4.78 is 5.33. The number of nitrogens with one attached hydrogen (secondary N) is 1. The number of thiocarbonyl (C=S) groups is 1. The number of nitrogens with zero attached hydrogens (tertiary/aromatic N) is 1. The molecular formula is C12H19N3OS. The average Bonchev–Trinajstić information content (AvgIpc) is 2.26. The third-order valence-electron chi connectivity index (χ3n) is 2.49. The minimum Gasteiger partial charge on any atom is -0.389 e. The van der Waals surface area contributed by atoms with Crippen molar-refractivity contribution in [2.45, 2.75) is 26.4 Å². The lowest BCUT2D eigenvalue weighted by molar-refractivity contribution is 0.0343. The number of rotatable bonds is 5. The van der Waals surface area contributed by atoms with Gasteiger partial charge in [-0.15, -0.1) is 0 Å². The summed E-state index contributed by atoms with van der Waals surface area (Å²) in [5.41, 5.74) is 7.08. The van der Waals surface area contributed by atoms with E-state index in [2.05, 4.69) is 10.3 Å². The highest BCUT2D eigenvalue weighted by Crippen LogP contribution is 2.13. The fourth-order valence-corrected chi connectivity index (χ4v) is 1.39. The van der Waals surface area contributed by atoms with Gasteiger partial charge in [0.05, 0.1) is 5.60 Å². The largest absolute Gasteiger partial charge is 0.389 e. The standard InChI is InChI=1S/C12H19N3OS/c1-8-5-9(11(13)17)6-10(15-8)14-7-12(2,3)16-4/h5-6H,7H2,1-4H3,(H2,13,17)(H,14,15). The molecule has 0 unspecified atom stereocenters. The Hall–Kier alpha value is -1.20. The van der Waals surface area contributed by atoms with Crippen molar-refractivity contribution in [2.75, 3.05) is 19.0 Å². The number of methoxy groups -OCH3 is 1. The molecule has 1 rings (SSSR count). The monoisotopic (exact) mass is 253 g/mol. The molecule has 1 aromatic rings. The Balaban J connectivity index is 2.81. The summed E-state index contributed by atoms with van der Waals surface area (Å²) in [6.45, 7) is 6.58. The maximum Gasteiger partial charge on any atom is 0.127 e. The lowest BCUT2D eigenvalue weighted by atomic mass is 10.1. The molecule has 0 radical (unpaired) electrons. The van der Waals surface area contributed by atoms with Crippen LogP contribution in [-0.2, 0) is 4.74 Å². The zero-order valence-corrected chi connectivity index (χ0v) is 11.5. The lowest BCUT2D eigenvalue weighted by Gasteiger charge is -2.23. The van der Waals surface area contributed by atoms with Gasteiger partial charge in [-0.3, -0.25) is 0 Å². The number of aryl methyl sites for hydroxylation is 1. The van der Waals surface area contributed by atoms with Gasteiger partial charge in [-0.05, 0) is 32.9 Å². The van der Waals surface area contributed by atoms with Crippen LogP contribution in [0, 0.1) is 6.92 Å². The predicted octanol–water partition coefficient (Wildman–Crippen LogP) is 1.86. The van der Waals surface area contributed by atoms with Gasteiger partial charge >= 0.3 is 0 Å². The Bertz CT molecular complexity index is 418. The highest BCUT2D eigenvalue weighted by Gasteiger charge is 2.16. The SMILES string of the molecule is COC(C)(C)CNc1cc(C(N)=S)cc(C)n1. The zero-order chi connectivity index (χ0) is 13.1. The molecule has 0 saturated heterocycles. The topological polar surface area (TPSA) is 60.2 Å². The van der Waals surface area contributed by atoms with Gasteiger partial charge < -0.3 is 15.8 Å². The van der Waals surface area contributed by atoms with Crippen molar-refractivity contribution in [1.29, 1.82) is 0 Å². The molecule has 0 spiro atoms. The molecule has 0 aliphatic carbocycles. The first-order valence-electron chi connectivity index (χ1n) is 5.41. The van der Waals surface area contributed by atoms with E-state index in [0.29, 0.717) is 11.5 Å². The molecule has 0 bridgehead atoms. The summed E-state index contributed by atoms with van der Waals surface area (Å²) in [5, 5.41) is 3.22. The third kappa shape index (κ3) is 4.28. The van der Waals surface area contributed by atoms with Crippen molar-refractivity contribution >= 4 is 23.0 Å². The van der Waals surface area contributed by atoms with Crippen LogP contribution in [0.3, 0.4) is 0 Å². The van der Waals surface area contributed by atoms with E-state index in [9.17, 15) is 0 Å². The number of pyridine rings is 1. The summed E-state index contributed by atoms with van der Waals surface area (Å²) in [6, 6.07) is 3.72. The Morgan fingerprint density at radius 3 is 2.71 bits per heavy atom. The second-order valence-electron chi connectivity index (χ2n) is 4.56. The molecule has 1 heterocycles. The van der Waals surface area contributed by atoms with Gasteiger partial charge in [-0.25, -0.2) is 4.98 Å². The van der Waals surface area contributed by atoms with Crippen molar-refractivity contribution in [1.82, 2.24) is 4.98 Å². The number of nitrogens with two attached hydrogens (primary N) is 1. The van der Waals surface area contributed by atoms with Gasteiger partial charge in [0.2, 0.25) is 0 Å². The Kier molecular flexibility index (Phi) is 4.42. The third-order valence-corrected chi connectivity index (χ3v) is 2.72. The normalized spacial score (nSPS) is 11.3. The van der Waals surface area contributed by atoms with Crippen molar-refractivity contribution in [3.8, 4) is 0 Å². The van der Waals surface area contributed by atoms with Crippen LogP contribution in [-0.4, -0.2) is 29.2 Å². The van der Waals surface area contributed by atoms with E-state index >= 15 is 0 Å². The minimum absolute atomic E-state index is 0.241. The van der Waals surface area contributed by atoms with E-state index in [-0.39, 0.29) is 5.60 Å². The maximum absolute atomic E-state index is 5.61. The van der Waals surface area contributed by atoms with E-state index in [1.165, 1.54) is 0 Å². The van der Waals surface area contributed by atoms with Crippen LogP contribution in [0.1, 0.15) is 25.1 Å². The smallest absolute Gasteiger partial charge is 0.127 e. The van der Waals surface area contributed by atoms with E-state index in [1.54, 1.807) is 7.11 Å². The summed E-state index contributed by atoms with van der Waals surface area (Å²) in [5.74, 6) is 0.762. The van der Waals surface area contributed by atoms with E-state index < -0.39 is 0 Å². The predicted molar refractivity (Wildman–Crippen MR) is 74.4 cm³/mol. The highest BCUT2D eigenvalue weighted by atomic mass is 32.1. The molecule has 5 heteroatoms. The number of hydrogen-bond acceptors (Lipinski definition) is 4. The molecule has 0 fully saturated rings. The van der Waals surface area contributed by atoms with Gasteiger partial charge in [0.1, 0.15) is 10.8 Å². The van der Waals surface area contributed by atoms with Gasteiger partial charge in [-0.1, -0.05) is 12.2 Å². The zero-order valence-electron chi connectivity index (χ0n) is 10.7. The van der Waals surface area contributed by atoms with Crippen molar-refractivity contribution in [3.05, 3.63) is 23.4 Å². The van der Waals surface area contributed by atoms with E-state index in [0.717, 1.165) is 17.1 Å². The molecule has 0 saturated carbocycles. The van der Waals surface area contributed by atoms with Gasteiger partial charge in [-0.2, -0.15) is 0 Å². The summed E-state index contributed by atoms with van der Waals surface area (Å²) >= 11 is 4.96. The van der Waals surface area contributed by atoms with Crippen molar-refractivity contribution in [2.24, 2.45) is 5.73 Å². The average molecular weight is 253 g/mol. The first-order valence-corrected chi connectivity index (χ1v) is 5.82. The van der Waals surface area contributed by atoms with Crippen molar-refractivity contribution in [3.63, 3.8) is 0 Å². The van der Waals surface area contributed by atoms with E-state index in [1.807, 2.05) is 32.9 Å². The Morgan fingerprint density at radius 2 is 2.18 bits per heavy atom. The highest BCUT2D eigenvalue weighted by molar-refractivity contribution is 7.80. The van der Waals surface area contributed by atoms with Crippen LogP contribution in [0.4, 0.5) is 5.82 Å². The summed E-state index contributed by atoms with van der Waals surface area (Å²) in [4.78, 5) is 4.75. The van der Waals surface area contributed by atoms with Crippen LogP contribution < -0.4 is 11.1 Å². The number of hydrogen-bond donors (Lipinski definition) is 2. The molecular weight excluding hydrogens is 234 g/mol. The molecule has 1 aromatic heterocycles. The second kappa shape index (κ2) is 5.42. The molecule has 0 amide bonds. The summed E-state index contributed by atoms with van der Waals surface area (Å²) in [6.07, 6.45) is 0. The van der Waals surface area contributed by atoms with Gasteiger partial charge in [0.25, 0.3) is 0 Å². The molecule has 17 heavy (non-hydrogen) atoms.